The number of rotatable bonds is 6. The maximum Gasteiger partial charge on any atom is 0.223 e. The molecule has 0 N–H and O–H groups in total. The molecular weight excluding hydrogens is 401 g/mol. The number of carbonyl (C=O) groups excluding carboxylic acids is 2. The first-order chi connectivity index (χ1) is 14.5. The fourth-order valence-electron chi connectivity index (χ4n) is 3.74. The van der Waals surface area contributed by atoms with Crippen LogP contribution in [0.1, 0.15) is 41.2 Å². The summed E-state index contributed by atoms with van der Waals surface area (Å²) in [5.41, 5.74) is 1.47. The average molecular weight is 426 g/mol. The van der Waals surface area contributed by atoms with Crippen LogP contribution in [0.25, 0.3) is 10.2 Å². The lowest BCUT2D eigenvalue weighted by molar-refractivity contribution is -0.133. The molecule has 30 heavy (non-hydrogen) atoms. The Morgan fingerprint density at radius 1 is 1.03 bits per heavy atom. The Hall–Kier alpha value is -2.64. The van der Waals surface area contributed by atoms with Gasteiger partial charge in [0.15, 0.2) is 5.78 Å². The predicted octanol–water partition coefficient (Wildman–Crippen LogP) is 4.30. The summed E-state index contributed by atoms with van der Waals surface area (Å²) >= 11 is 1.72. The molecule has 0 radical (unpaired) electrons. The zero-order valence-corrected chi connectivity index (χ0v) is 17.7. The minimum Gasteiger partial charge on any atom is -0.340 e. The molecule has 0 bridgehead atoms. The summed E-state index contributed by atoms with van der Waals surface area (Å²) in [4.78, 5) is 33.7. The highest BCUT2D eigenvalue weighted by Gasteiger charge is 2.26. The molecule has 0 spiro atoms. The SMILES string of the molecule is C[C@@H](c1nc2ccccc2s1)N1CCN(C(=O)CCC(=O)c2ccc(F)cc2)CC1. The first-order valence-corrected chi connectivity index (χ1v) is 11.0. The lowest BCUT2D eigenvalue weighted by atomic mass is 10.1. The van der Waals surface area contributed by atoms with E-state index in [9.17, 15) is 14.0 Å². The number of piperazine rings is 1. The largest absolute Gasteiger partial charge is 0.340 e. The summed E-state index contributed by atoms with van der Waals surface area (Å²) in [6.07, 6.45) is 0.330. The van der Waals surface area contributed by atoms with Crippen LogP contribution in [0.15, 0.2) is 48.5 Å². The van der Waals surface area contributed by atoms with Gasteiger partial charge in [0.2, 0.25) is 5.91 Å². The summed E-state index contributed by atoms with van der Waals surface area (Å²) in [6.45, 7) is 5.04. The van der Waals surface area contributed by atoms with Gasteiger partial charge in [-0.2, -0.15) is 0 Å². The number of para-hydroxylation sites is 1. The van der Waals surface area contributed by atoms with E-state index in [1.165, 1.54) is 29.0 Å². The second kappa shape index (κ2) is 9.02. The number of aromatic nitrogens is 1. The lowest BCUT2D eigenvalue weighted by Gasteiger charge is -2.37. The third kappa shape index (κ3) is 4.57. The van der Waals surface area contributed by atoms with Gasteiger partial charge in [-0.05, 0) is 43.3 Å². The van der Waals surface area contributed by atoms with Crippen molar-refractivity contribution < 1.29 is 14.0 Å². The van der Waals surface area contributed by atoms with Crippen LogP contribution < -0.4 is 0 Å². The van der Waals surface area contributed by atoms with Gasteiger partial charge in [-0.25, -0.2) is 9.37 Å². The van der Waals surface area contributed by atoms with E-state index in [0.29, 0.717) is 18.7 Å². The smallest absolute Gasteiger partial charge is 0.223 e. The molecule has 0 unspecified atom stereocenters. The van der Waals surface area contributed by atoms with Gasteiger partial charge in [-0.15, -0.1) is 11.3 Å². The number of fused-ring (bicyclic) bond motifs is 1. The molecule has 0 saturated carbocycles. The van der Waals surface area contributed by atoms with Crippen molar-refractivity contribution in [3.63, 3.8) is 0 Å². The Kier molecular flexibility index (Phi) is 6.20. The van der Waals surface area contributed by atoms with E-state index >= 15 is 0 Å². The van der Waals surface area contributed by atoms with Crippen molar-refractivity contribution in [3.8, 4) is 0 Å². The fraction of sp³-hybridized carbons (Fsp3) is 0.348. The minimum atomic E-state index is -0.374. The molecule has 2 aromatic carbocycles. The Bertz CT molecular complexity index is 1010. The van der Waals surface area contributed by atoms with E-state index in [0.717, 1.165) is 23.6 Å². The maximum atomic E-state index is 13.0. The van der Waals surface area contributed by atoms with Crippen LogP contribution in [0, 0.1) is 5.82 Å². The Morgan fingerprint density at radius 2 is 1.73 bits per heavy atom. The van der Waals surface area contributed by atoms with E-state index in [-0.39, 0.29) is 36.4 Å². The topological polar surface area (TPSA) is 53.5 Å². The van der Waals surface area contributed by atoms with Gasteiger partial charge in [0.05, 0.1) is 16.3 Å². The summed E-state index contributed by atoms with van der Waals surface area (Å²) in [5, 5.41) is 1.10. The third-order valence-electron chi connectivity index (χ3n) is 5.61. The number of benzene rings is 2. The molecule has 156 valence electrons. The summed E-state index contributed by atoms with van der Waals surface area (Å²) < 4.78 is 14.2. The highest BCUT2D eigenvalue weighted by atomic mass is 32.1. The fourth-order valence-corrected chi connectivity index (χ4v) is 4.80. The summed E-state index contributed by atoms with van der Waals surface area (Å²) in [6, 6.07) is 13.8. The van der Waals surface area contributed by atoms with Gasteiger partial charge in [0.25, 0.3) is 0 Å². The second-order valence-electron chi connectivity index (χ2n) is 7.54. The van der Waals surface area contributed by atoms with Crippen molar-refractivity contribution in [2.45, 2.75) is 25.8 Å². The quantitative estimate of drug-likeness (QED) is 0.553. The first kappa shape index (κ1) is 20.6. The maximum absolute atomic E-state index is 13.0. The zero-order valence-electron chi connectivity index (χ0n) is 16.9. The highest BCUT2D eigenvalue weighted by molar-refractivity contribution is 7.18. The van der Waals surface area contributed by atoms with E-state index in [1.54, 1.807) is 11.3 Å². The van der Waals surface area contributed by atoms with Crippen molar-refractivity contribution in [2.75, 3.05) is 26.2 Å². The van der Waals surface area contributed by atoms with Crippen LogP contribution in [0.3, 0.4) is 0 Å². The predicted molar refractivity (Wildman–Crippen MR) is 116 cm³/mol. The van der Waals surface area contributed by atoms with Crippen molar-refractivity contribution in [1.82, 2.24) is 14.8 Å². The normalized spacial score (nSPS) is 16.0. The van der Waals surface area contributed by atoms with Gasteiger partial charge in [-0.1, -0.05) is 12.1 Å². The van der Waals surface area contributed by atoms with E-state index in [2.05, 4.69) is 17.9 Å². The van der Waals surface area contributed by atoms with E-state index < -0.39 is 0 Å². The molecule has 4 rings (SSSR count). The molecule has 7 heteroatoms. The van der Waals surface area contributed by atoms with E-state index in [4.69, 9.17) is 4.98 Å². The van der Waals surface area contributed by atoms with Crippen LogP contribution in [0.2, 0.25) is 0 Å². The number of carbonyl (C=O) groups is 2. The van der Waals surface area contributed by atoms with Crippen molar-refractivity contribution >= 4 is 33.2 Å². The molecular formula is C23H24FN3O2S. The van der Waals surface area contributed by atoms with Crippen LogP contribution in [0.5, 0.6) is 0 Å². The molecule has 5 nitrogen and oxygen atoms in total. The number of halogens is 1. The summed E-state index contributed by atoms with van der Waals surface area (Å²) in [5.74, 6) is -0.509. The molecule has 1 atom stereocenters. The number of amides is 1. The van der Waals surface area contributed by atoms with Gasteiger partial charge in [-0.3, -0.25) is 14.5 Å². The number of hydrogen-bond donors (Lipinski definition) is 0. The van der Waals surface area contributed by atoms with Crippen LogP contribution in [-0.4, -0.2) is 52.7 Å². The number of Topliss-reactive ketones (excluding diaryl/α,β-unsaturated/α-hetero) is 1. The van der Waals surface area contributed by atoms with Gasteiger partial charge >= 0.3 is 0 Å². The van der Waals surface area contributed by atoms with Crippen LogP contribution in [-0.2, 0) is 4.79 Å². The average Bonchev–Trinajstić information content (AvgIpc) is 3.21. The van der Waals surface area contributed by atoms with Crippen molar-refractivity contribution in [3.05, 3.63) is 64.9 Å². The zero-order chi connectivity index (χ0) is 21.1. The molecule has 1 aliphatic heterocycles. The number of hydrogen-bond acceptors (Lipinski definition) is 5. The van der Waals surface area contributed by atoms with Gasteiger partial charge in [0, 0.05) is 44.6 Å². The van der Waals surface area contributed by atoms with Crippen LogP contribution >= 0.6 is 11.3 Å². The number of thiazole rings is 1. The Labute approximate surface area is 179 Å². The minimum absolute atomic E-state index is 0.00208. The lowest BCUT2D eigenvalue weighted by Crippen LogP contribution is -2.49. The molecule has 1 fully saturated rings. The monoisotopic (exact) mass is 425 g/mol. The molecule has 0 aliphatic carbocycles. The standard InChI is InChI=1S/C23H24FN3O2S/c1-16(23-25-19-4-2-3-5-21(19)30-23)26-12-14-27(15-13-26)22(29)11-10-20(28)17-6-8-18(24)9-7-17/h2-9,16H,10-15H2,1H3/t16-/m0/s1. The van der Waals surface area contributed by atoms with E-state index in [1.807, 2.05) is 23.1 Å². The summed E-state index contributed by atoms with van der Waals surface area (Å²) in [7, 11) is 0. The second-order valence-corrected chi connectivity index (χ2v) is 8.60. The van der Waals surface area contributed by atoms with Crippen molar-refractivity contribution in [2.24, 2.45) is 0 Å². The first-order valence-electron chi connectivity index (χ1n) is 10.2. The highest BCUT2D eigenvalue weighted by Crippen LogP contribution is 2.30. The Morgan fingerprint density at radius 3 is 2.43 bits per heavy atom. The number of nitrogens with zero attached hydrogens (tertiary/aromatic N) is 3. The molecule has 1 aromatic heterocycles. The molecule has 2 heterocycles. The molecule has 1 amide bonds. The Balaban J connectivity index is 1.27. The molecule has 1 aliphatic rings. The van der Waals surface area contributed by atoms with Crippen LogP contribution in [0.4, 0.5) is 4.39 Å². The van der Waals surface area contributed by atoms with Crippen molar-refractivity contribution in [1.29, 1.82) is 0 Å². The third-order valence-corrected chi connectivity index (χ3v) is 6.82. The van der Waals surface area contributed by atoms with Gasteiger partial charge < -0.3 is 4.90 Å². The molecule has 1 saturated heterocycles. The molecule has 3 aromatic rings. The van der Waals surface area contributed by atoms with Gasteiger partial charge in [0.1, 0.15) is 10.8 Å². The number of ketones is 1.